The van der Waals surface area contributed by atoms with E-state index in [9.17, 15) is 19.5 Å². The largest absolute Gasteiger partial charge is 0.477 e. The first-order chi connectivity index (χ1) is 12.9. The van der Waals surface area contributed by atoms with E-state index in [2.05, 4.69) is 0 Å². The summed E-state index contributed by atoms with van der Waals surface area (Å²) in [4.78, 5) is 37.0. The molecule has 0 aliphatic rings. The number of nitrogens with zero attached hydrogens (tertiary/aromatic N) is 2. The topological polar surface area (TPSA) is 90.5 Å². The molecular formula is C20H20N2O5. The first-order valence-corrected chi connectivity index (χ1v) is 8.52. The fourth-order valence-electron chi connectivity index (χ4n) is 3.35. The molecule has 3 aromatic rings. The van der Waals surface area contributed by atoms with Gasteiger partial charge in [0.05, 0.1) is 12.6 Å². The Bertz CT molecular complexity index is 1090. The zero-order chi connectivity index (χ0) is 19.7. The minimum Gasteiger partial charge on any atom is -0.477 e. The molecule has 27 heavy (non-hydrogen) atoms. The van der Waals surface area contributed by atoms with Crippen LogP contribution in [0.15, 0.2) is 41.3 Å². The van der Waals surface area contributed by atoms with Crippen LogP contribution in [0.2, 0.25) is 0 Å². The van der Waals surface area contributed by atoms with E-state index in [0.717, 1.165) is 5.56 Å². The summed E-state index contributed by atoms with van der Waals surface area (Å²) in [7, 11) is 1.28. The van der Waals surface area contributed by atoms with Crippen LogP contribution in [0, 0.1) is 6.92 Å². The number of esters is 1. The normalized spacial score (nSPS) is 10.9. The van der Waals surface area contributed by atoms with Crippen molar-refractivity contribution in [2.45, 2.75) is 26.9 Å². The van der Waals surface area contributed by atoms with E-state index in [1.807, 2.05) is 37.3 Å². The number of carboxylic acids is 1. The van der Waals surface area contributed by atoms with Crippen LogP contribution in [0.4, 0.5) is 0 Å². The molecule has 1 N–H and O–H groups in total. The molecule has 1 aromatic carbocycles. The van der Waals surface area contributed by atoms with Crippen LogP contribution in [0.3, 0.4) is 0 Å². The van der Waals surface area contributed by atoms with Crippen molar-refractivity contribution in [3.63, 3.8) is 0 Å². The summed E-state index contributed by atoms with van der Waals surface area (Å²) < 4.78 is 8.23. The second-order valence-corrected chi connectivity index (χ2v) is 6.18. The maximum Gasteiger partial charge on any atom is 0.341 e. The van der Waals surface area contributed by atoms with E-state index in [4.69, 9.17) is 4.74 Å². The SMILES string of the molecule is CCn1cc(C(=O)O)c(=O)c2c1c(C(=O)OC)c(C)n2Cc1ccccc1. The van der Waals surface area contributed by atoms with E-state index in [1.165, 1.54) is 13.3 Å². The van der Waals surface area contributed by atoms with Crippen molar-refractivity contribution in [1.29, 1.82) is 0 Å². The molecule has 7 nitrogen and oxygen atoms in total. The van der Waals surface area contributed by atoms with Gasteiger partial charge in [-0.1, -0.05) is 30.3 Å². The number of aromatic nitrogens is 2. The number of carbonyl (C=O) groups is 2. The van der Waals surface area contributed by atoms with Gasteiger partial charge >= 0.3 is 11.9 Å². The van der Waals surface area contributed by atoms with Gasteiger partial charge in [0.15, 0.2) is 0 Å². The predicted octanol–water partition coefficient (Wildman–Crippen LogP) is 2.66. The van der Waals surface area contributed by atoms with Crippen molar-refractivity contribution in [2.24, 2.45) is 0 Å². The lowest BCUT2D eigenvalue weighted by Gasteiger charge is -2.10. The molecule has 3 rings (SSSR count). The molecule has 0 saturated heterocycles. The Kier molecular flexibility index (Phi) is 4.85. The van der Waals surface area contributed by atoms with Crippen molar-refractivity contribution in [1.82, 2.24) is 9.13 Å². The molecule has 140 valence electrons. The summed E-state index contributed by atoms with van der Waals surface area (Å²) in [6, 6.07) is 9.46. The zero-order valence-corrected chi connectivity index (χ0v) is 15.4. The standard InChI is InChI=1S/C20H20N2O5/c1-4-21-11-14(19(24)25)18(23)17-16(21)15(20(26)27-3)12(2)22(17)10-13-8-6-5-7-9-13/h5-9,11H,4,10H2,1-3H3,(H,24,25). The number of rotatable bonds is 5. The summed E-state index contributed by atoms with van der Waals surface area (Å²) in [6.45, 7) is 4.29. The third-order valence-corrected chi connectivity index (χ3v) is 4.67. The summed E-state index contributed by atoms with van der Waals surface area (Å²) >= 11 is 0. The smallest absolute Gasteiger partial charge is 0.341 e. The van der Waals surface area contributed by atoms with Gasteiger partial charge in [-0.2, -0.15) is 0 Å². The number of ether oxygens (including phenoxy) is 1. The fourth-order valence-corrected chi connectivity index (χ4v) is 3.35. The van der Waals surface area contributed by atoms with Gasteiger partial charge < -0.3 is 19.0 Å². The Labute approximate surface area is 155 Å². The number of hydrogen-bond acceptors (Lipinski definition) is 4. The summed E-state index contributed by atoms with van der Waals surface area (Å²) in [5, 5.41) is 9.44. The lowest BCUT2D eigenvalue weighted by molar-refractivity contribution is 0.0600. The van der Waals surface area contributed by atoms with Crippen LogP contribution in [0.1, 0.15) is 38.9 Å². The number of aromatic carboxylic acids is 1. The maximum atomic E-state index is 13.0. The molecule has 0 fully saturated rings. The predicted molar refractivity (Wildman–Crippen MR) is 100 cm³/mol. The molecule has 2 aromatic heterocycles. The highest BCUT2D eigenvalue weighted by molar-refractivity contribution is 6.05. The highest BCUT2D eigenvalue weighted by Crippen LogP contribution is 2.26. The molecule has 0 saturated carbocycles. The maximum absolute atomic E-state index is 13.0. The molecule has 0 aliphatic heterocycles. The number of carbonyl (C=O) groups excluding carboxylic acids is 1. The van der Waals surface area contributed by atoms with Gasteiger partial charge in [0.25, 0.3) is 0 Å². The van der Waals surface area contributed by atoms with Crippen molar-refractivity contribution >= 4 is 23.0 Å². The summed E-state index contributed by atoms with van der Waals surface area (Å²) in [5.74, 6) is -1.86. The molecule has 7 heteroatoms. The summed E-state index contributed by atoms with van der Waals surface area (Å²) in [6.07, 6.45) is 1.28. The van der Waals surface area contributed by atoms with Gasteiger partial charge in [-0.3, -0.25) is 4.79 Å². The number of aryl methyl sites for hydroxylation is 1. The monoisotopic (exact) mass is 368 g/mol. The number of methoxy groups -OCH3 is 1. The van der Waals surface area contributed by atoms with E-state index in [0.29, 0.717) is 24.3 Å². The van der Waals surface area contributed by atoms with Crippen LogP contribution >= 0.6 is 0 Å². The van der Waals surface area contributed by atoms with Crippen LogP contribution in [0.25, 0.3) is 11.0 Å². The zero-order valence-electron chi connectivity index (χ0n) is 15.4. The molecule has 0 radical (unpaired) electrons. The molecule has 0 aliphatic carbocycles. The Morgan fingerprint density at radius 3 is 2.37 bits per heavy atom. The summed E-state index contributed by atoms with van der Waals surface area (Å²) in [5.41, 5.74) is 1.41. The third-order valence-electron chi connectivity index (χ3n) is 4.67. The fraction of sp³-hybridized carbons (Fsp3) is 0.250. The molecular weight excluding hydrogens is 348 g/mol. The quantitative estimate of drug-likeness (QED) is 0.699. The van der Waals surface area contributed by atoms with Crippen molar-refractivity contribution in [3.05, 3.63) is 69.1 Å². The van der Waals surface area contributed by atoms with Gasteiger partial charge in [-0.05, 0) is 19.4 Å². The number of hydrogen-bond donors (Lipinski definition) is 1. The molecule has 0 amide bonds. The highest BCUT2D eigenvalue weighted by Gasteiger charge is 2.27. The van der Waals surface area contributed by atoms with E-state index >= 15 is 0 Å². The van der Waals surface area contributed by atoms with Gasteiger partial charge in [0, 0.05) is 25.0 Å². The van der Waals surface area contributed by atoms with Crippen LogP contribution < -0.4 is 5.43 Å². The van der Waals surface area contributed by atoms with Crippen LogP contribution in [-0.4, -0.2) is 33.3 Å². The highest BCUT2D eigenvalue weighted by atomic mass is 16.5. The van der Waals surface area contributed by atoms with Gasteiger partial charge in [0.2, 0.25) is 5.43 Å². The second-order valence-electron chi connectivity index (χ2n) is 6.18. The molecule has 0 atom stereocenters. The van der Waals surface area contributed by atoms with Gasteiger partial charge in [0.1, 0.15) is 16.6 Å². The Morgan fingerprint density at radius 1 is 1.15 bits per heavy atom. The minimum absolute atomic E-state index is 0.193. The second kappa shape index (κ2) is 7.11. The van der Waals surface area contributed by atoms with E-state index < -0.39 is 17.4 Å². The molecule has 0 unspecified atom stereocenters. The lowest BCUT2D eigenvalue weighted by Crippen LogP contribution is -2.21. The average Bonchev–Trinajstić information content (AvgIpc) is 2.95. The van der Waals surface area contributed by atoms with Gasteiger partial charge in [-0.15, -0.1) is 0 Å². The Balaban J connectivity index is 2.45. The first-order valence-electron chi connectivity index (χ1n) is 8.52. The van der Waals surface area contributed by atoms with Gasteiger partial charge in [-0.25, -0.2) is 9.59 Å². The van der Waals surface area contributed by atoms with Crippen molar-refractivity contribution in [2.75, 3.05) is 7.11 Å². The lowest BCUT2D eigenvalue weighted by atomic mass is 10.1. The van der Waals surface area contributed by atoms with Crippen LogP contribution in [-0.2, 0) is 17.8 Å². The van der Waals surface area contributed by atoms with Crippen molar-refractivity contribution in [3.8, 4) is 0 Å². The molecule has 0 bridgehead atoms. The van der Waals surface area contributed by atoms with Crippen molar-refractivity contribution < 1.29 is 19.4 Å². The van der Waals surface area contributed by atoms with Crippen LogP contribution in [0.5, 0.6) is 0 Å². The minimum atomic E-state index is -1.30. The average molecular weight is 368 g/mol. The number of benzene rings is 1. The van der Waals surface area contributed by atoms with E-state index in [1.54, 1.807) is 16.1 Å². The number of fused-ring (bicyclic) bond motifs is 1. The Morgan fingerprint density at radius 2 is 1.81 bits per heavy atom. The number of carboxylic acid groups (broad SMARTS) is 1. The third kappa shape index (κ3) is 3.01. The molecule has 2 heterocycles. The Hall–Kier alpha value is -3.35. The first kappa shape index (κ1) is 18.4. The molecule has 0 spiro atoms. The van der Waals surface area contributed by atoms with E-state index in [-0.39, 0.29) is 16.6 Å². The number of pyridine rings is 1.